The number of alkyl carbamates (subject to hydrolysis) is 1. The number of carbonyl (C=O) groups excluding carboxylic acids is 2. The molecule has 17 heavy (non-hydrogen) atoms. The van der Waals surface area contributed by atoms with Gasteiger partial charge in [0.05, 0.1) is 6.04 Å². The summed E-state index contributed by atoms with van der Waals surface area (Å²) in [5.74, 6) is 0.172. The van der Waals surface area contributed by atoms with Gasteiger partial charge in [0.1, 0.15) is 11.4 Å². The Morgan fingerprint density at radius 1 is 1.18 bits per heavy atom. The second-order valence-corrected chi connectivity index (χ2v) is 6.85. The van der Waals surface area contributed by atoms with Gasteiger partial charge in [-0.25, -0.2) is 4.79 Å². The van der Waals surface area contributed by atoms with E-state index in [0.717, 1.165) is 0 Å². The third-order valence-electron chi connectivity index (χ3n) is 3.27. The number of ketones is 1. The molecule has 0 aliphatic heterocycles. The number of hydrogen-bond acceptors (Lipinski definition) is 3. The minimum Gasteiger partial charge on any atom is -0.444 e. The third kappa shape index (κ3) is 2.45. The van der Waals surface area contributed by atoms with Crippen molar-refractivity contribution in [3.63, 3.8) is 0 Å². The van der Waals surface area contributed by atoms with Gasteiger partial charge in [-0.05, 0) is 20.8 Å². The molecule has 0 aromatic heterocycles. The maximum absolute atomic E-state index is 11.9. The van der Waals surface area contributed by atoms with E-state index in [1.807, 2.05) is 48.5 Å². The molecule has 0 atom stereocenters. The predicted octanol–water partition coefficient (Wildman–Crippen LogP) is 2.51. The van der Waals surface area contributed by atoms with Crippen molar-refractivity contribution in [3.8, 4) is 0 Å². The van der Waals surface area contributed by atoms with Crippen LogP contribution >= 0.6 is 0 Å². The number of amides is 1. The van der Waals surface area contributed by atoms with Crippen LogP contribution in [0.5, 0.6) is 0 Å². The number of Topliss-reactive ketones (excluding diaryl/α,β-unsaturated/α-hetero) is 1. The van der Waals surface area contributed by atoms with E-state index in [9.17, 15) is 9.59 Å². The normalized spacial score (nSPS) is 22.9. The van der Waals surface area contributed by atoms with Gasteiger partial charge in [-0.2, -0.15) is 0 Å². The SMILES string of the molecule is CC(C)(C)OC(=O)NC1C(C)(C)C(=O)C1(C)C. The summed E-state index contributed by atoms with van der Waals surface area (Å²) < 4.78 is 5.20. The van der Waals surface area contributed by atoms with Crippen molar-refractivity contribution in [2.24, 2.45) is 10.8 Å². The lowest BCUT2D eigenvalue weighted by molar-refractivity contribution is -0.158. The van der Waals surface area contributed by atoms with Crippen LogP contribution in [0.25, 0.3) is 0 Å². The average molecular weight is 241 g/mol. The molecule has 0 heterocycles. The lowest BCUT2D eigenvalue weighted by Crippen LogP contribution is -2.71. The second kappa shape index (κ2) is 3.72. The molecule has 1 N–H and O–H groups in total. The Kier molecular flexibility index (Phi) is 3.06. The quantitative estimate of drug-likeness (QED) is 0.767. The lowest BCUT2D eigenvalue weighted by atomic mass is 9.51. The molecule has 0 bridgehead atoms. The molecule has 1 saturated carbocycles. The summed E-state index contributed by atoms with van der Waals surface area (Å²) in [6.07, 6.45) is -0.462. The Hall–Kier alpha value is -1.06. The molecule has 0 aromatic rings. The standard InChI is InChI=1S/C13H23NO3/c1-11(2,3)17-10(16)14-8-12(4,5)9(15)13(8,6)7/h8H,1-7H3,(H,14,16). The van der Waals surface area contributed by atoms with Crippen molar-refractivity contribution in [1.29, 1.82) is 0 Å². The minimum atomic E-state index is -0.522. The van der Waals surface area contributed by atoms with Crippen molar-refractivity contribution in [1.82, 2.24) is 5.32 Å². The molecule has 0 unspecified atom stereocenters. The summed E-state index contributed by atoms with van der Waals surface area (Å²) in [6, 6.07) is -0.183. The third-order valence-corrected chi connectivity index (χ3v) is 3.27. The molecule has 1 amide bonds. The summed E-state index contributed by atoms with van der Waals surface area (Å²) in [6.45, 7) is 12.8. The van der Waals surface area contributed by atoms with Gasteiger partial charge in [0.25, 0.3) is 0 Å². The number of ether oxygens (including phenoxy) is 1. The highest BCUT2D eigenvalue weighted by molar-refractivity contribution is 5.98. The summed E-state index contributed by atoms with van der Waals surface area (Å²) in [5, 5.41) is 2.80. The largest absolute Gasteiger partial charge is 0.444 e. The fourth-order valence-electron chi connectivity index (χ4n) is 2.70. The Morgan fingerprint density at radius 2 is 1.59 bits per heavy atom. The second-order valence-electron chi connectivity index (χ2n) is 6.85. The molecule has 0 spiro atoms. The van der Waals surface area contributed by atoms with Crippen LogP contribution in [0.3, 0.4) is 0 Å². The molecule has 1 rings (SSSR count). The lowest BCUT2D eigenvalue weighted by Gasteiger charge is -2.55. The van der Waals surface area contributed by atoms with Crippen LogP contribution < -0.4 is 5.32 Å². The van der Waals surface area contributed by atoms with Gasteiger partial charge < -0.3 is 10.1 Å². The molecule has 1 aliphatic carbocycles. The Bertz CT molecular complexity index is 332. The van der Waals surface area contributed by atoms with E-state index in [4.69, 9.17) is 4.74 Å². The highest BCUT2D eigenvalue weighted by Gasteiger charge is 2.62. The maximum Gasteiger partial charge on any atom is 0.407 e. The summed E-state index contributed by atoms with van der Waals surface area (Å²) >= 11 is 0. The van der Waals surface area contributed by atoms with E-state index in [-0.39, 0.29) is 11.8 Å². The number of rotatable bonds is 1. The van der Waals surface area contributed by atoms with Crippen LogP contribution in [0.2, 0.25) is 0 Å². The molecule has 1 fully saturated rings. The van der Waals surface area contributed by atoms with Gasteiger partial charge in [-0.15, -0.1) is 0 Å². The fraction of sp³-hybridized carbons (Fsp3) is 0.846. The molecule has 4 heteroatoms. The van der Waals surface area contributed by atoms with E-state index in [0.29, 0.717) is 0 Å². The van der Waals surface area contributed by atoms with Crippen molar-refractivity contribution >= 4 is 11.9 Å². The molecule has 1 aliphatic rings. The van der Waals surface area contributed by atoms with Crippen LogP contribution in [-0.4, -0.2) is 23.5 Å². The molecule has 0 aromatic carbocycles. The molecule has 0 saturated heterocycles. The monoisotopic (exact) mass is 241 g/mol. The molecular weight excluding hydrogens is 218 g/mol. The van der Waals surface area contributed by atoms with Gasteiger partial charge in [-0.3, -0.25) is 4.79 Å². The van der Waals surface area contributed by atoms with Gasteiger partial charge in [0.15, 0.2) is 0 Å². The first kappa shape index (κ1) is 14.0. The zero-order valence-electron chi connectivity index (χ0n) is 11.8. The van der Waals surface area contributed by atoms with Crippen LogP contribution in [0.15, 0.2) is 0 Å². The number of nitrogens with one attached hydrogen (secondary N) is 1. The summed E-state index contributed by atoms with van der Waals surface area (Å²) in [5.41, 5.74) is -1.55. The van der Waals surface area contributed by atoms with Crippen molar-refractivity contribution in [2.45, 2.75) is 60.1 Å². The Labute approximate surface area is 103 Å². The van der Waals surface area contributed by atoms with E-state index in [1.165, 1.54) is 0 Å². The van der Waals surface area contributed by atoms with Crippen molar-refractivity contribution in [3.05, 3.63) is 0 Å². The van der Waals surface area contributed by atoms with E-state index >= 15 is 0 Å². The van der Waals surface area contributed by atoms with Crippen LogP contribution in [0.1, 0.15) is 48.5 Å². The van der Waals surface area contributed by atoms with Crippen LogP contribution in [-0.2, 0) is 9.53 Å². The summed E-state index contributed by atoms with van der Waals surface area (Å²) in [4.78, 5) is 23.6. The van der Waals surface area contributed by atoms with Gasteiger partial charge >= 0.3 is 6.09 Å². The van der Waals surface area contributed by atoms with Crippen LogP contribution in [0, 0.1) is 10.8 Å². The van der Waals surface area contributed by atoms with Gasteiger partial charge in [-0.1, -0.05) is 27.7 Å². The topological polar surface area (TPSA) is 55.4 Å². The molecule has 98 valence electrons. The first-order chi connectivity index (χ1) is 7.39. The molecule has 0 radical (unpaired) electrons. The summed E-state index contributed by atoms with van der Waals surface area (Å²) in [7, 11) is 0. The maximum atomic E-state index is 11.9. The van der Waals surface area contributed by atoms with Gasteiger partial charge in [0.2, 0.25) is 0 Å². The van der Waals surface area contributed by atoms with E-state index < -0.39 is 22.5 Å². The van der Waals surface area contributed by atoms with E-state index in [2.05, 4.69) is 5.32 Å². The van der Waals surface area contributed by atoms with Crippen molar-refractivity contribution in [2.75, 3.05) is 0 Å². The van der Waals surface area contributed by atoms with Crippen molar-refractivity contribution < 1.29 is 14.3 Å². The fourth-order valence-corrected chi connectivity index (χ4v) is 2.70. The highest BCUT2D eigenvalue weighted by Crippen LogP contribution is 2.50. The van der Waals surface area contributed by atoms with E-state index in [1.54, 1.807) is 0 Å². The minimum absolute atomic E-state index is 0.172. The first-order valence-electron chi connectivity index (χ1n) is 5.93. The highest BCUT2D eigenvalue weighted by atomic mass is 16.6. The average Bonchev–Trinajstić information content (AvgIpc) is 2.09. The zero-order chi connectivity index (χ0) is 13.6. The first-order valence-corrected chi connectivity index (χ1v) is 5.93. The smallest absolute Gasteiger partial charge is 0.407 e. The Morgan fingerprint density at radius 3 is 1.94 bits per heavy atom. The Balaban J connectivity index is 2.70. The molecule has 4 nitrogen and oxygen atoms in total. The molecular formula is C13H23NO3. The number of hydrogen-bond donors (Lipinski definition) is 1. The zero-order valence-corrected chi connectivity index (χ0v) is 11.8. The predicted molar refractivity (Wildman–Crippen MR) is 65.7 cm³/mol. The van der Waals surface area contributed by atoms with Gasteiger partial charge in [0, 0.05) is 10.8 Å². The number of carbonyl (C=O) groups is 2. The van der Waals surface area contributed by atoms with Crippen LogP contribution in [0.4, 0.5) is 4.79 Å².